The predicted octanol–water partition coefficient (Wildman–Crippen LogP) is 4.58. The van der Waals surface area contributed by atoms with Crippen LogP contribution in [0.5, 0.6) is 0 Å². The minimum Gasteiger partial charge on any atom is -0.393 e. The molecule has 0 aromatic rings. The van der Waals surface area contributed by atoms with E-state index < -0.39 is 5.79 Å². The molecule has 30 heavy (non-hydrogen) atoms. The van der Waals surface area contributed by atoms with Crippen LogP contribution in [0.2, 0.25) is 0 Å². The van der Waals surface area contributed by atoms with Crippen molar-refractivity contribution < 1.29 is 19.4 Å². The number of Topliss-reactive ketones (excluding diaryl/α,β-unsaturated/α-hetero) is 1. The highest BCUT2D eigenvalue weighted by Gasteiger charge is 2.67. The first-order valence-corrected chi connectivity index (χ1v) is 12.8. The van der Waals surface area contributed by atoms with Gasteiger partial charge in [-0.15, -0.1) is 0 Å². The van der Waals surface area contributed by atoms with E-state index in [1.165, 1.54) is 19.3 Å². The summed E-state index contributed by atoms with van der Waals surface area (Å²) < 4.78 is 13.1. The van der Waals surface area contributed by atoms with E-state index >= 15 is 0 Å². The van der Waals surface area contributed by atoms with Crippen LogP contribution in [0.4, 0.5) is 0 Å². The lowest BCUT2D eigenvalue weighted by atomic mass is 9.46. The zero-order chi connectivity index (χ0) is 20.8. The third kappa shape index (κ3) is 2.65. The molecule has 0 amide bonds. The molecule has 12 atom stereocenters. The number of hydrogen-bond acceptors (Lipinski definition) is 4. The van der Waals surface area contributed by atoms with Gasteiger partial charge in [-0.25, -0.2) is 0 Å². The first-order chi connectivity index (χ1) is 14.3. The number of aliphatic hydroxyl groups is 1. The SMILES string of the molecule is C[C@@H]1CCC2(OC1)O[C@H]1C[C@@H]3C(C(=O)C[C@H]4[C@H]3CC[C@H]3C[C@@H](O)CC[C@@]34C)[C@H]1[C@@H]2C. The van der Waals surface area contributed by atoms with E-state index in [0.717, 1.165) is 45.1 Å². The van der Waals surface area contributed by atoms with Crippen molar-refractivity contribution in [2.45, 2.75) is 96.6 Å². The highest BCUT2D eigenvalue weighted by molar-refractivity contribution is 5.83. The summed E-state index contributed by atoms with van der Waals surface area (Å²) in [5.74, 6) is 3.90. The Bertz CT molecular complexity index is 712. The summed E-state index contributed by atoms with van der Waals surface area (Å²) in [6, 6.07) is 0. The van der Waals surface area contributed by atoms with Crippen LogP contribution in [0.15, 0.2) is 0 Å². The lowest BCUT2D eigenvalue weighted by Crippen LogP contribution is -2.54. The summed E-state index contributed by atoms with van der Waals surface area (Å²) in [6.45, 7) is 7.81. The molecule has 1 spiro atoms. The number of carbonyl (C=O) groups is 1. The largest absolute Gasteiger partial charge is 0.393 e. The highest BCUT2D eigenvalue weighted by atomic mass is 16.7. The molecule has 2 saturated heterocycles. The molecular formula is C26H40O4. The summed E-state index contributed by atoms with van der Waals surface area (Å²) >= 11 is 0. The van der Waals surface area contributed by atoms with Crippen LogP contribution in [-0.2, 0) is 14.3 Å². The molecule has 4 nitrogen and oxygen atoms in total. The maximum absolute atomic E-state index is 13.7. The minimum absolute atomic E-state index is 0.124. The minimum atomic E-state index is -0.424. The van der Waals surface area contributed by atoms with Gasteiger partial charge in [-0.3, -0.25) is 4.79 Å². The molecule has 2 heterocycles. The molecule has 6 aliphatic rings. The van der Waals surface area contributed by atoms with E-state index in [1.54, 1.807) is 0 Å². The Hall–Kier alpha value is -0.450. The Morgan fingerprint density at radius 2 is 1.87 bits per heavy atom. The van der Waals surface area contributed by atoms with Gasteiger partial charge in [0, 0.05) is 30.6 Å². The third-order valence-electron chi connectivity index (χ3n) is 11.1. The van der Waals surface area contributed by atoms with Crippen LogP contribution < -0.4 is 0 Å². The van der Waals surface area contributed by atoms with E-state index in [9.17, 15) is 9.90 Å². The van der Waals surface area contributed by atoms with Gasteiger partial charge < -0.3 is 14.6 Å². The molecule has 2 unspecified atom stereocenters. The summed E-state index contributed by atoms with van der Waals surface area (Å²) in [5.41, 5.74) is 0.247. The molecule has 1 N–H and O–H groups in total. The van der Waals surface area contributed by atoms with Crippen molar-refractivity contribution in [2.24, 2.45) is 52.8 Å². The van der Waals surface area contributed by atoms with Crippen molar-refractivity contribution >= 4 is 5.78 Å². The van der Waals surface area contributed by atoms with Crippen molar-refractivity contribution in [2.75, 3.05) is 6.61 Å². The van der Waals surface area contributed by atoms with Gasteiger partial charge >= 0.3 is 0 Å². The van der Waals surface area contributed by atoms with Crippen LogP contribution in [0, 0.1) is 52.8 Å². The molecule has 4 saturated carbocycles. The Balaban J connectivity index is 1.26. The molecule has 0 aromatic carbocycles. The second kappa shape index (κ2) is 6.78. The van der Waals surface area contributed by atoms with Crippen LogP contribution in [0.1, 0.15) is 78.6 Å². The number of rotatable bonds is 0. The fourth-order valence-electron chi connectivity index (χ4n) is 9.40. The van der Waals surface area contributed by atoms with Gasteiger partial charge in [-0.1, -0.05) is 20.8 Å². The quantitative estimate of drug-likeness (QED) is 0.628. The molecule has 0 bridgehead atoms. The molecule has 168 valence electrons. The molecule has 0 aromatic heterocycles. The van der Waals surface area contributed by atoms with Crippen LogP contribution in [0.25, 0.3) is 0 Å². The molecule has 6 fully saturated rings. The van der Waals surface area contributed by atoms with Crippen molar-refractivity contribution in [3.05, 3.63) is 0 Å². The first-order valence-electron chi connectivity index (χ1n) is 12.8. The number of ketones is 1. The van der Waals surface area contributed by atoms with E-state index in [-0.39, 0.29) is 23.5 Å². The number of aliphatic hydroxyl groups excluding tert-OH is 1. The van der Waals surface area contributed by atoms with Gasteiger partial charge in [0.25, 0.3) is 0 Å². The Labute approximate surface area is 181 Å². The summed E-state index contributed by atoms with van der Waals surface area (Å²) in [4.78, 5) is 13.7. The molecule has 4 heteroatoms. The van der Waals surface area contributed by atoms with Gasteiger partial charge in [-0.2, -0.15) is 0 Å². The summed E-state index contributed by atoms with van der Waals surface area (Å²) in [6.07, 6.45) is 9.54. The molecule has 6 rings (SSSR count). The first kappa shape index (κ1) is 20.2. The van der Waals surface area contributed by atoms with Crippen molar-refractivity contribution in [1.29, 1.82) is 0 Å². The lowest BCUT2D eigenvalue weighted by molar-refractivity contribution is -0.271. The topological polar surface area (TPSA) is 55.8 Å². The van der Waals surface area contributed by atoms with E-state index in [4.69, 9.17) is 9.47 Å². The van der Waals surface area contributed by atoms with Gasteiger partial charge in [0.2, 0.25) is 0 Å². The van der Waals surface area contributed by atoms with E-state index in [1.807, 2.05) is 0 Å². The maximum atomic E-state index is 13.7. The average molecular weight is 417 g/mol. The zero-order valence-electron chi connectivity index (χ0n) is 19.0. The van der Waals surface area contributed by atoms with Gasteiger partial charge in [-0.05, 0) is 80.0 Å². The van der Waals surface area contributed by atoms with Crippen LogP contribution in [0.3, 0.4) is 0 Å². The van der Waals surface area contributed by atoms with Crippen molar-refractivity contribution in [3.63, 3.8) is 0 Å². The van der Waals surface area contributed by atoms with Crippen LogP contribution >= 0.6 is 0 Å². The standard InChI is InChI=1S/C26H40O4/c1-14-6-9-26(29-13-14)15(2)23-22(30-26)11-19-18-5-4-16-10-17(27)7-8-25(16,3)20(18)12-21(28)24(19)23/h14-20,22-24,27H,4-13H2,1-3H3/t14-,15+,16+,17+,18+,19+,20+,22+,23+,24?,25+,26?/m1/s1. The second-order valence-electron chi connectivity index (χ2n) is 12.4. The van der Waals surface area contributed by atoms with Gasteiger partial charge in [0.05, 0.1) is 18.8 Å². The van der Waals surface area contributed by atoms with E-state index in [2.05, 4.69) is 20.8 Å². The molecule has 4 aliphatic carbocycles. The third-order valence-corrected chi connectivity index (χ3v) is 11.1. The van der Waals surface area contributed by atoms with Crippen molar-refractivity contribution in [1.82, 2.24) is 0 Å². The summed E-state index contributed by atoms with van der Waals surface area (Å²) in [7, 11) is 0. The number of carbonyl (C=O) groups excluding carboxylic acids is 1. The Kier molecular flexibility index (Phi) is 4.56. The molecule has 2 aliphatic heterocycles. The molecule has 0 radical (unpaired) electrons. The fraction of sp³-hybridized carbons (Fsp3) is 0.962. The number of fused-ring (bicyclic) bond motifs is 7. The molecular weight excluding hydrogens is 376 g/mol. The summed E-state index contributed by atoms with van der Waals surface area (Å²) in [5, 5.41) is 10.2. The van der Waals surface area contributed by atoms with Gasteiger partial charge in [0.1, 0.15) is 5.78 Å². The second-order valence-corrected chi connectivity index (χ2v) is 12.4. The number of ether oxygens (including phenoxy) is 2. The van der Waals surface area contributed by atoms with Crippen LogP contribution in [-0.4, -0.2) is 35.5 Å². The number of hydrogen-bond donors (Lipinski definition) is 1. The predicted molar refractivity (Wildman–Crippen MR) is 113 cm³/mol. The zero-order valence-corrected chi connectivity index (χ0v) is 19.0. The highest BCUT2D eigenvalue weighted by Crippen LogP contribution is 2.66. The monoisotopic (exact) mass is 416 g/mol. The lowest BCUT2D eigenvalue weighted by Gasteiger charge is -2.58. The van der Waals surface area contributed by atoms with E-state index in [0.29, 0.717) is 47.2 Å². The Morgan fingerprint density at radius 3 is 2.63 bits per heavy atom. The smallest absolute Gasteiger partial charge is 0.171 e. The average Bonchev–Trinajstić information content (AvgIpc) is 3.21. The fourth-order valence-corrected chi connectivity index (χ4v) is 9.40. The Morgan fingerprint density at radius 1 is 1.03 bits per heavy atom. The van der Waals surface area contributed by atoms with Crippen molar-refractivity contribution in [3.8, 4) is 0 Å². The maximum Gasteiger partial charge on any atom is 0.171 e. The normalized spacial score (nSPS) is 60.1. The van der Waals surface area contributed by atoms with Gasteiger partial charge in [0.15, 0.2) is 5.79 Å².